The molecule has 1 saturated carbocycles. The molecule has 1 aliphatic rings. The molecule has 0 aliphatic heterocycles. The Bertz CT molecular complexity index is 603. The van der Waals surface area contributed by atoms with Gasteiger partial charge in [0.25, 0.3) is 0 Å². The molecule has 0 saturated heterocycles. The molecular formula is C15H15ClFN. The largest absolute Gasteiger partial charge is 0.252 e. The Morgan fingerprint density at radius 2 is 1.94 bits per heavy atom. The third-order valence-electron chi connectivity index (χ3n) is 3.81. The third kappa shape index (κ3) is 1.99. The zero-order chi connectivity index (χ0) is 12.7. The first-order valence-electron chi connectivity index (χ1n) is 6.41. The lowest BCUT2D eigenvalue weighted by Crippen LogP contribution is -1.98. The van der Waals surface area contributed by atoms with Gasteiger partial charge >= 0.3 is 0 Å². The van der Waals surface area contributed by atoms with Crippen LogP contribution in [0.5, 0.6) is 0 Å². The first kappa shape index (κ1) is 11.9. The number of hydrogen-bond acceptors (Lipinski definition) is 1. The molecule has 1 heterocycles. The molecule has 0 amide bonds. The van der Waals surface area contributed by atoms with Crippen LogP contribution >= 0.6 is 11.6 Å². The van der Waals surface area contributed by atoms with Gasteiger partial charge in [0.1, 0.15) is 5.82 Å². The summed E-state index contributed by atoms with van der Waals surface area (Å²) in [6.45, 7) is 1.88. The van der Waals surface area contributed by atoms with Crippen molar-refractivity contribution in [1.29, 1.82) is 0 Å². The van der Waals surface area contributed by atoms with Crippen molar-refractivity contribution in [2.24, 2.45) is 0 Å². The minimum atomic E-state index is -0.252. The van der Waals surface area contributed by atoms with Gasteiger partial charge in [0, 0.05) is 17.0 Å². The summed E-state index contributed by atoms with van der Waals surface area (Å²) in [6, 6.07) is 4.90. The van der Waals surface area contributed by atoms with Gasteiger partial charge in [-0.2, -0.15) is 0 Å². The average Bonchev–Trinajstić information content (AvgIpc) is 2.83. The van der Waals surface area contributed by atoms with E-state index in [4.69, 9.17) is 16.6 Å². The Hall–Kier alpha value is -1.15. The van der Waals surface area contributed by atoms with E-state index in [9.17, 15) is 4.39 Å². The van der Waals surface area contributed by atoms with Crippen molar-refractivity contribution in [3.63, 3.8) is 0 Å². The second kappa shape index (κ2) is 4.51. The average molecular weight is 264 g/mol. The molecule has 2 aromatic rings. The smallest absolute Gasteiger partial charge is 0.124 e. The van der Waals surface area contributed by atoms with E-state index in [1.54, 1.807) is 0 Å². The number of hydrogen-bond donors (Lipinski definition) is 0. The number of aromatic nitrogens is 1. The fourth-order valence-electron chi connectivity index (χ4n) is 2.87. The standard InChI is InChI=1S/C15H15ClFN/c1-9-6-11(17)7-12-13(16)8-14(18-15(9)12)10-4-2-3-5-10/h6-8,10H,2-5H2,1H3. The van der Waals surface area contributed by atoms with Gasteiger partial charge in [-0.05, 0) is 43.5 Å². The molecule has 0 spiro atoms. The van der Waals surface area contributed by atoms with Crippen LogP contribution in [0.3, 0.4) is 0 Å². The molecule has 1 nitrogen and oxygen atoms in total. The number of aryl methyl sites for hydroxylation is 1. The second-order valence-electron chi connectivity index (χ2n) is 5.13. The van der Waals surface area contributed by atoms with Gasteiger partial charge in [0.2, 0.25) is 0 Å². The quantitative estimate of drug-likeness (QED) is 0.706. The van der Waals surface area contributed by atoms with E-state index in [1.807, 2.05) is 13.0 Å². The summed E-state index contributed by atoms with van der Waals surface area (Å²) in [6.07, 6.45) is 4.92. The summed E-state index contributed by atoms with van der Waals surface area (Å²) >= 11 is 6.28. The number of halogens is 2. The molecule has 1 aliphatic carbocycles. The molecule has 18 heavy (non-hydrogen) atoms. The van der Waals surface area contributed by atoms with Crippen molar-refractivity contribution in [1.82, 2.24) is 4.98 Å². The lowest BCUT2D eigenvalue weighted by molar-refractivity contribution is 0.628. The molecule has 0 unspecified atom stereocenters. The molecule has 1 aromatic carbocycles. The summed E-state index contributed by atoms with van der Waals surface area (Å²) in [7, 11) is 0. The number of fused-ring (bicyclic) bond motifs is 1. The summed E-state index contributed by atoms with van der Waals surface area (Å²) in [5, 5.41) is 1.33. The predicted molar refractivity (Wildman–Crippen MR) is 72.7 cm³/mol. The summed E-state index contributed by atoms with van der Waals surface area (Å²) in [5.41, 5.74) is 2.76. The van der Waals surface area contributed by atoms with E-state index >= 15 is 0 Å². The van der Waals surface area contributed by atoms with Crippen molar-refractivity contribution < 1.29 is 4.39 Å². The molecule has 1 fully saturated rings. The highest BCUT2D eigenvalue weighted by Crippen LogP contribution is 2.36. The Morgan fingerprint density at radius 1 is 1.22 bits per heavy atom. The number of rotatable bonds is 1. The number of benzene rings is 1. The maximum absolute atomic E-state index is 13.4. The normalized spacial score (nSPS) is 16.6. The third-order valence-corrected chi connectivity index (χ3v) is 4.12. The second-order valence-corrected chi connectivity index (χ2v) is 5.54. The minimum absolute atomic E-state index is 0.252. The van der Waals surface area contributed by atoms with Gasteiger partial charge in [-0.25, -0.2) is 4.39 Å². The van der Waals surface area contributed by atoms with Gasteiger partial charge in [-0.3, -0.25) is 4.98 Å². The Labute approximate surface area is 111 Å². The molecule has 3 rings (SSSR count). The zero-order valence-electron chi connectivity index (χ0n) is 10.3. The molecule has 0 bridgehead atoms. The highest BCUT2D eigenvalue weighted by molar-refractivity contribution is 6.35. The minimum Gasteiger partial charge on any atom is -0.252 e. The summed E-state index contributed by atoms with van der Waals surface area (Å²) in [5.74, 6) is 0.272. The van der Waals surface area contributed by atoms with E-state index in [2.05, 4.69) is 0 Å². The van der Waals surface area contributed by atoms with E-state index in [-0.39, 0.29) is 5.82 Å². The maximum Gasteiger partial charge on any atom is 0.124 e. The van der Waals surface area contributed by atoms with E-state index in [0.717, 1.165) is 22.2 Å². The first-order valence-corrected chi connectivity index (χ1v) is 6.79. The molecule has 0 N–H and O–H groups in total. The van der Waals surface area contributed by atoms with Crippen LogP contribution in [0.1, 0.15) is 42.9 Å². The fraction of sp³-hybridized carbons (Fsp3) is 0.400. The number of pyridine rings is 1. The van der Waals surface area contributed by atoms with Crippen LogP contribution in [0, 0.1) is 12.7 Å². The molecule has 3 heteroatoms. The summed E-state index contributed by atoms with van der Waals surface area (Å²) in [4.78, 5) is 4.71. The van der Waals surface area contributed by atoms with Crippen molar-refractivity contribution in [3.05, 3.63) is 40.3 Å². The van der Waals surface area contributed by atoms with Crippen LogP contribution in [-0.2, 0) is 0 Å². The van der Waals surface area contributed by atoms with Crippen molar-refractivity contribution in [2.75, 3.05) is 0 Å². The molecule has 0 radical (unpaired) electrons. The topological polar surface area (TPSA) is 12.9 Å². The molecule has 1 aromatic heterocycles. The van der Waals surface area contributed by atoms with Crippen LogP contribution in [0.2, 0.25) is 5.02 Å². The van der Waals surface area contributed by atoms with Gasteiger partial charge < -0.3 is 0 Å². The Balaban J connectivity index is 2.20. The van der Waals surface area contributed by atoms with Gasteiger partial charge in [0.15, 0.2) is 0 Å². The summed E-state index contributed by atoms with van der Waals surface area (Å²) < 4.78 is 13.4. The highest BCUT2D eigenvalue weighted by atomic mass is 35.5. The van der Waals surface area contributed by atoms with Crippen LogP contribution in [0.4, 0.5) is 4.39 Å². The highest BCUT2D eigenvalue weighted by Gasteiger charge is 2.20. The fourth-order valence-corrected chi connectivity index (χ4v) is 3.12. The maximum atomic E-state index is 13.4. The van der Waals surface area contributed by atoms with Gasteiger partial charge in [-0.1, -0.05) is 24.4 Å². The van der Waals surface area contributed by atoms with Crippen LogP contribution in [-0.4, -0.2) is 4.98 Å². The van der Waals surface area contributed by atoms with Crippen molar-refractivity contribution >= 4 is 22.5 Å². The van der Waals surface area contributed by atoms with Crippen LogP contribution in [0.25, 0.3) is 10.9 Å². The SMILES string of the molecule is Cc1cc(F)cc2c(Cl)cc(C3CCCC3)nc12. The monoisotopic (exact) mass is 263 g/mol. The van der Waals surface area contributed by atoms with Crippen LogP contribution in [0.15, 0.2) is 18.2 Å². The Kier molecular flexibility index (Phi) is 2.98. The van der Waals surface area contributed by atoms with E-state index in [1.165, 1.54) is 37.8 Å². The molecular weight excluding hydrogens is 249 g/mol. The zero-order valence-corrected chi connectivity index (χ0v) is 11.1. The van der Waals surface area contributed by atoms with Gasteiger partial charge in [-0.15, -0.1) is 0 Å². The van der Waals surface area contributed by atoms with Crippen LogP contribution < -0.4 is 0 Å². The predicted octanol–water partition coefficient (Wildman–Crippen LogP) is 4.99. The molecule has 0 atom stereocenters. The van der Waals surface area contributed by atoms with Crippen molar-refractivity contribution in [3.8, 4) is 0 Å². The first-order chi connectivity index (χ1) is 8.65. The van der Waals surface area contributed by atoms with E-state index < -0.39 is 0 Å². The lowest BCUT2D eigenvalue weighted by Gasteiger charge is -2.12. The molecule has 94 valence electrons. The Morgan fingerprint density at radius 3 is 2.67 bits per heavy atom. The van der Waals surface area contributed by atoms with Crippen molar-refractivity contribution in [2.45, 2.75) is 38.5 Å². The lowest BCUT2D eigenvalue weighted by atomic mass is 10.0. The number of nitrogens with zero attached hydrogens (tertiary/aromatic N) is 1. The van der Waals surface area contributed by atoms with E-state index in [0.29, 0.717) is 10.9 Å². The van der Waals surface area contributed by atoms with Gasteiger partial charge in [0.05, 0.1) is 10.5 Å².